The molecule has 1 fully saturated rings. The molecule has 308 valence electrons. The second-order valence-electron chi connectivity index (χ2n) is 11.2. The number of piperazine rings is 1. The highest BCUT2D eigenvalue weighted by molar-refractivity contribution is 6.32. The molecule has 2 aliphatic heterocycles. The minimum atomic E-state index is -5.08. The minimum Gasteiger partial charge on any atom is -0.493 e. The lowest BCUT2D eigenvalue weighted by atomic mass is 10.0. The van der Waals surface area contributed by atoms with E-state index in [9.17, 15) is 39.5 Å². The van der Waals surface area contributed by atoms with Crippen LogP contribution in [0.1, 0.15) is 5.56 Å². The smallest absolute Gasteiger partial charge is 0.490 e. The zero-order chi connectivity index (χ0) is 42.6. The van der Waals surface area contributed by atoms with Crippen molar-refractivity contribution in [3.05, 3.63) is 77.6 Å². The Morgan fingerprint density at radius 3 is 1.91 bits per heavy atom. The van der Waals surface area contributed by atoms with Gasteiger partial charge in [-0.1, -0.05) is 23.7 Å². The molecule has 0 aliphatic carbocycles. The molecule has 1 saturated heterocycles. The first kappa shape index (κ1) is 45.3. The van der Waals surface area contributed by atoms with Crippen LogP contribution in [0, 0.1) is 0 Å². The lowest BCUT2D eigenvalue weighted by molar-refractivity contribution is -0.193. The molecule has 0 atom stereocenters. The highest BCUT2D eigenvalue weighted by atomic mass is 35.5. The van der Waals surface area contributed by atoms with E-state index in [0.717, 1.165) is 72.2 Å². The van der Waals surface area contributed by atoms with Crippen LogP contribution >= 0.6 is 11.6 Å². The minimum absolute atomic E-state index is 0.436. The molecule has 4 heterocycles. The maximum atomic E-state index is 10.6. The van der Waals surface area contributed by atoms with E-state index in [1.165, 1.54) is 0 Å². The zero-order valence-corrected chi connectivity index (χ0v) is 29.4. The van der Waals surface area contributed by atoms with Gasteiger partial charge in [0.1, 0.15) is 16.6 Å². The van der Waals surface area contributed by atoms with Crippen molar-refractivity contribution in [1.82, 2.24) is 20.3 Å². The zero-order valence-electron chi connectivity index (χ0n) is 28.6. The van der Waals surface area contributed by atoms with Gasteiger partial charge in [-0.05, 0) is 53.1 Å². The first-order chi connectivity index (χ1) is 26.5. The van der Waals surface area contributed by atoms with Crippen LogP contribution in [-0.4, -0.2) is 99.5 Å². The van der Waals surface area contributed by atoms with E-state index in [1.54, 1.807) is 6.20 Å². The molecular weight excluding hydrogens is 813 g/mol. The van der Waals surface area contributed by atoms with Crippen LogP contribution in [0.25, 0.3) is 11.1 Å². The SMILES string of the molecule is Clc1cnc2nc1Nc1cccc(c1)OCCc1cc(cc(-c3ccnc(N4CCNCC4)c3)c1)N2.O=C(O)C(F)(F)F.O=C(O)C(F)(F)F.O=C(O)C(F)(F)F. The van der Waals surface area contributed by atoms with E-state index in [0.29, 0.717) is 23.4 Å². The van der Waals surface area contributed by atoms with Crippen molar-refractivity contribution in [3.8, 4) is 16.9 Å². The predicted molar refractivity (Wildman–Crippen MR) is 185 cm³/mol. The topological polar surface area (TPSA) is 199 Å². The summed E-state index contributed by atoms with van der Waals surface area (Å²) in [5.41, 5.74) is 5.09. The summed E-state index contributed by atoms with van der Waals surface area (Å²) < 4.78 is 101. The molecule has 0 radical (unpaired) electrons. The fourth-order valence-corrected chi connectivity index (χ4v) is 4.61. The monoisotopic (exact) mass is 841 g/mol. The summed E-state index contributed by atoms with van der Waals surface area (Å²) in [5.74, 6) is -5.50. The summed E-state index contributed by atoms with van der Waals surface area (Å²) >= 11 is 6.38. The summed E-state index contributed by atoms with van der Waals surface area (Å²) in [6.45, 7) is 4.39. The van der Waals surface area contributed by atoms with Gasteiger partial charge in [-0.25, -0.2) is 24.4 Å². The lowest BCUT2D eigenvalue weighted by Gasteiger charge is -2.28. The van der Waals surface area contributed by atoms with Gasteiger partial charge in [0.2, 0.25) is 5.95 Å². The second kappa shape index (κ2) is 19.7. The summed E-state index contributed by atoms with van der Waals surface area (Å²) in [5, 5.41) is 31.8. The van der Waals surface area contributed by atoms with Gasteiger partial charge in [-0.2, -0.15) is 44.5 Å². The van der Waals surface area contributed by atoms with Crippen LogP contribution in [0.5, 0.6) is 5.75 Å². The van der Waals surface area contributed by atoms with Crippen LogP contribution in [0.15, 0.2) is 67.0 Å². The number of carboxylic acid groups (broad SMARTS) is 3. The van der Waals surface area contributed by atoms with E-state index < -0.39 is 36.4 Å². The van der Waals surface area contributed by atoms with Gasteiger partial charge < -0.3 is 40.9 Å². The van der Waals surface area contributed by atoms with Crippen molar-refractivity contribution in [2.75, 3.05) is 48.3 Å². The highest BCUT2D eigenvalue weighted by Crippen LogP contribution is 2.31. The maximum Gasteiger partial charge on any atom is 0.490 e. The van der Waals surface area contributed by atoms with E-state index in [4.69, 9.17) is 46.0 Å². The van der Waals surface area contributed by atoms with E-state index in [-0.39, 0.29) is 0 Å². The second-order valence-corrected chi connectivity index (χ2v) is 11.6. The average molecular weight is 842 g/mol. The molecule has 2 aromatic carbocycles. The number of hydrogen-bond acceptors (Lipinski definition) is 11. The Labute approximate surface area is 320 Å². The summed E-state index contributed by atoms with van der Waals surface area (Å²) in [6, 6.07) is 18.4. The number of nitrogens with one attached hydrogen (secondary N) is 3. The number of rotatable bonds is 2. The van der Waals surface area contributed by atoms with E-state index >= 15 is 0 Å². The molecule has 0 spiro atoms. The van der Waals surface area contributed by atoms with Gasteiger partial charge in [-0.3, -0.25) is 0 Å². The largest absolute Gasteiger partial charge is 0.493 e. The van der Waals surface area contributed by atoms with Crippen molar-refractivity contribution in [2.24, 2.45) is 0 Å². The molecule has 6 N–H and O–H groups in total. The number of aromatic nitrogens is 3. The first-order valence-corrected chi connectivity index (χ1v) is 16.2. The van der Waals surface area contributed by atoms with Crippen molar-refractivity contribution < 1.29 is 74.0 Å². The van der Waals surface area contributed by atoms with Gasteiger partial charge in [0, 0.05) is 56.2 Å². The fourth-order valence-electron chi connectivity index (χ4n) is 4.47. The third-order valence-electron chi connectivity index (χ3n) is 7.00. The van der Waals surface area contributed by atoms with Crippen molar-refractivity contribution >= 4 is 58.5 Å². The van der Waals surface area contributed by atoms with E-state index in [1.807, 2.05) is 30.5 Å². The van der Waals surface area contributed by atoms with Gasteiger partial charge in [0.25, 0.3) is 0 Å². The average Bonchev–Trinajstić information content (AvgIpc) is 3.13. The standard InChI is InChI=1S/C27H26ClN7O.3C2HF3O2/c28-24-17-31-27-33-22-13-18(5-11-36-23-3-1-2-21(16-23)32-26(24)34-27)12-20(14-22)19-4-6-30-25(15-19)35-9-7-29-8-10-35;3*3-2(4,5)1(6)7/h1-4,6,12-17,29H,5,7-11H2,(H2,31,32,33,34);3*(H,6,7). The number of anilines is 5. The molecule has 4 aromatic rings. The molecular formula is C33H29ClF9N7O7. The molecule has 6 rings (SSSR count). The van der Waals surface area contributed by atoms with Crippen LogP contribution in [0.4, 0.5) is 68.5 Å². The molecule has 6 bridgehead atoms. The Balaban J connectivity index is 0.000000341. The van der Waals surface area contributed by atoms with Gasteiger partial charge in [0.15, 0.2) is 5.82 Å². The number of ether oxygens (including phenoxy) is 1. The Bertz CT molecular complexity index is 1960. The normalized spacial score (nSPS) is 13.8. The number of nitrogens with zero attached hydrogens (tertiary/aromatic N) is 4. The number of carboxylic acids is 3. The van der Waals surface area contributed by atoms with Gasteiger partial charge in [0.05, 0.1) is 12.8 Å². The van der Waals surface area contributed by atoms with Gasteiger partial charge >= 0.3 is 36.4 Å². The van der Waals surface area contributed by atoms with Crippen LogP contribution in [0.3, 0.4) is 0 Å². The molecule has 0 unspecified atom stereocenters. The molecule has 2 aromatic heterocycles. The predicted octanol–water partition coefficient (Wildman–Crippen LogP) is 6.92. The summed E-state index contributed by atoms with van der Waals surface area (Å²) in [6.07, 6.45) is -11.0. The summed E-state index contributed by atoms with van der Waals surface area (Å²) in [7, 11) is 0. The van der Waals surface area contributed by atoms with Crippen LogP contribution < -0.4 is 25.6 Å². The molecule has 0 saturated carbocycles. The number of fused-ring (bicyclic) bond motifs is 6. The number of hydrogen-bond donors (Lipinski definition) is 6. The molecule has 0 amide bonds. The lowest BCUT2D eigenvalue weighted by Crippen LogP contribution is -2.43. The quantitative estimate of drug-likeness (QED) is 0.114. The number of alkyl halides is 9. The Kier molecular flexibility index (Phi) is 15.6. The van der Waals surface area contributed by atoms with Gasteiger partial charge in [-0.15, -0.1) is 0 Å². The summed E-state index contributed by atoms with van der Waals surface area (Å²) in [4.78, 5) is 42.7. The molecule has 14 nitrogen and oxygen atoms in total. The Morgan fingerprint density at radius 2 is 1.33 bits per heavy atom. The third kappa shape index (κ3) is 15.2. The Morgan fingerprint density at radius 1 is 0.737 bits per heavy atom. The van der Waals surface area contributed by atoms with Crippen LogP contribution in [-0.2, 0) is 20.8 Å². The van der Waals surface area contributed by atoms with Crippen molar-refractivity contribution in [3.63, 3.8) is 0 Å². The molecule has 24 heteroatoms. The molecule has 57 heavy (non-hydrogen) atoms. The van der Waals surface area contributed by atoms with Crippen LogP contribution in [0.2, 0.25) is 5.02 Å². The number of aliphatic carboxylic acids is 3. The first-order valence-electron chi connectivity index (χ1n) is 15.8. The number of halogens is 10. The third-order valence-corrected chi connectivity index (χ3v) is 7.27. The van der Waals surface area contributed by atoms with E-state index in [2.05, 4.69) is 66.1 Å². The molecule has 2 aliphatic rings. The number of benzene rings is 2. The maximum absolute atomic E-state index is 10.6. The number of pyridine rings is 1. The number of carbonyl (C=O) groups is 3. The van der Waals surface area contributed by atoms with Crippen molar-refractivity contribution in [2.45, 2.75) is 24.9 Å². The highest BCUT2D eigenvalue weighted by Gasteiger charge is 2.39. The van der Waals surface area contributed by atoms with Crippen molar-refractivity contribution in [1.29, 1.82) is 0 Å². The fraction of sp³-hybridized carbons (Fsp3) is 0.273. The Hall–Kier alpha value is -6.10.